The van der Waals surface area contributed by atoms with Gasteiger partial charge in [-0.2, -0.15) is 0 Å². The quantitative estimate of drug-likeness (QED) is 0.395. The first-order valence-electron chi connectivity index (χ1n) is 14.5. The zero-order valence-electron chi connectivity index (χ0n) is 22.7. The average Bonchev–Trinajstić information content (AvgIpc) is 3.33. The van der Waals surface area contributed by atoms with Crippen LogP contribution in [0.3, 0.4) is 0 Å². The van der Waals surface area contributed by atoms with Gasteiger partial charge in [-0.15, -0.1) is 0 Å². The topological polar surface area (TPSA) is 91.4 Å². The standard InChI is InChI=1S/C31H32F2N6O2/c32-31(33)9-11-39(17-31)14-24-19(18-6-12-41-15-18)2-4-25(38-24)37-23-3-1-20(22-13-35-29(40)26(22)23)21-5-10-34-28-27(21)30(7-8-30)16-36-28/h1-5,10,18H,6-9,11-17H2,(H,34,36)(H,35,40)(H,37,38)/t18-/m0/s1. The van der Waals surface area contributed by atoms with Gasteiger partial charge in [0.1, 0.15) is 11.6 Å². The van der Waals surface area contributed by atoms with Gasteiger partial charge in [0.2, 0.25) is 0 Å². The maximum absolute atomic E-state index is 14.0. The summed E-state index contributed by atoms with van der Waals surface area (Å²) in [5.74, 6) is -1.03. The molecular formula is C31H32F2N6O2. The van der Waals surface area contributed by atoms with E-state index >= 15 is 0 Å². The van der Waals surface area contributed by atoms with Crippen molar-refractivity contribution in [2.75, 3.05) is 43.5 Å². The van der Waals surface area contributed by atoms with Crippen LogP contribution in [0.15, 0.2) is 36.5 Å². The van der Waals surface area contributed by atoms with Crippen molar-refractivity contribution >= 4 is 23.2 Å². The summed E-state index contributed by atoms with van der Waals surface area (Å²) in [6.07, 6.45) is 4.90. The number of amides is 1. The molecule has 3 aromatic rings. The SMILES string of the molecule is O=C1NCc2c(-c3ccnc4c3C3(CC3)CN4)ccc(Nc3ccc([C@H]4CCOC4)c(CN4CCC(F)(F)C4)n3)c21. The largest absolute Gasteiger partial charge is 0.381 e. The molecule has 0 unspecified atom stereocenters. The van der Waals surface area contributed by atoms with Crippen LogP contribution in [0.1, 0.15) is 64.3 Å². The number of likely N-dealkylation sites (tertiary alicyclic amines) is 1. The number of aromatic nitrogens is 2. The molecule has 8 rings (SSSR count). The van der Waals surface area contributed by atoms with Gasteiger partial charge < -0.3 is 20.7 Å². The van der Waals surface area contributed by atoms with Gasteiger partial charge in [0, 0.05) is 62.3 Å². The van der Waals surface area contributed by atoms with E-state index in [4.69, 9.17) is 9.72 Å². The molecule has 10 heteroatoms. The third-order valence-corrected chi connectivity index (χ3v) is 9.45. The number of hydrogen-bond acceptors (Lipinski definition) is 7. The number of rotatable bonds is 6. The lowest BCUT2D eigenvalue weighted by Crippen LogP contribution is -2.26. The minimum Gasteiger partial charge on any atom is -0.381 e. The molecule has 0 radical (unpaired) electrons. The van der Waals surface area contributed by atoms with Gasteiger partial charge in [0.15, 0.2) is 0 Å². The van der Waals surface area contributed by atoms with E-state index in [1.807, 2.05) is 24.4 Å². The van der Waals surface area contributed by atoms with Gasteiger partial charge in [-0.25, -0.2) is 18.7 Å². The van der Waals surface area contributed by atoms with E-state index in [1.54, 1.807) is 4.90 Å². The molecule has 1 atom stereocenters. The van der Waals surface area contributed by atoms with Gasteiger partial charge in [-0.3, -0.25) is 9.69 Å². The first-order valence-corrected chi connectivity index (χ1v) is 14.5. The number of fused-ring (bicyclic) bond motifs is 3. The van der Waals surface area contributed by atoms with Gasteiger partial charge in [0.05, 0.1) is 30.1 Å². The monoisotopic (exact) mass is 558 g/mol. The molecule has 1 saturated carbocycles. The minimum absolute atomic E-state index is 0.117. The number of pyridine rings is 2. The Morgan fingerprint density at radius 2 is 2.00 bits per heavy atom. The predicted octanol–water partition coefficient (Wildman–Crippen LogP) is 4.93. The molecule has 6 heterocycles. The fraction of sp³-hybridized carbons (Fsp3) is 0.452. The van der Waals surface area contributed by atoms with Crippen molar-refractivity contribution in [3.63, 3.8) is 0 Å². The highest BCUT2D eigenvalue weighted by Crippen LogP contribution is 2.57. The van der Waals surface area contributed by atoms with Crippen LogP contribution in [-0.4, -0.2) is 59.5 Å². The molecule has 3 fully saturated rings. The van der Waals surface area contributed by atoms with E-state index in [0.717, 1.165) is 59.6 Å². The lowest BCUT2D eigenvalue weighted by molar-refractivity contribution is 0.0113. The third-order valence-electron chi connectivity index (χ3n) is 9.45. The maximum atomic E-state index is 14.0. The Kier molecular flexibility index (Phi) is 5.63. The molecule has 2 saturated heterocycles. The van der Waals surface area contributed by atoms with Crippen molar-refractivity contribution in [2.24, 2.45) is 0 Å². The second kappa shape index (κ2) is 9.19. The number of alkyl halides is 2. The Labute approximate surface area is 236 Å². The highest BCUT2D eigenvalue weighted by Gasteiger charge is 2.51. The molecule has 1 amide bonds. The van der Waals surface area contributed by atoms with Crippen molar-refractivity contribution in [2.45, 2.75) is 56.0 Å². The summed E-state index contributed by atoms with van der Waals surface area (Å²) < 4.78 is 33.5. The van der Waals surface area contributed by atoms with Crippen LogP contribution in [0.5, 0.6) is 0 Å². The van der Waals surface area contributed by atoms with Gasteiger partial charge in [0.25, 0.3) is 11.8 Å². The molecule has 4 aliphatic heterocycles. The number of hydrogen-bond donors (Lipinski definition) is 3. The molecule has 5 aliphatic rings. The lowest BCUT2D eigenvalue weighted by atomic mass is 9.88. The molecule has 1 aromatic carbocycles. The summed E-state index contributed by atoms with van der Waals surface area (Å²) in [6, 6.07) is 10.1. The molecule has 2 aromatic heterocycles. The smallest absolute Gasteiger partial charge is 0.261 e. The zero-order valence-corrected chi connectivity index (χ0v) is 22.7. The molecule has 8 nitrogen and oxygen atoms in total. The van der Waals surface area contributed by atoms with Crippen molar-refractivity contribution in [1.29, 1.82) is 0 Å². The number of halogens is 2. The summed E-state index contributed by atoms with van der Waals surface area (Å²) >= 11 is 0. The molecule has 3 N–H and O–H groups in total. The Morgan fingerprint density at radius 1 is 1.10 bits per heavy atom. The van der Waals surface area contributed by atoms with Crippen molar-refractivity contribution in [1.82, 2.24) is 20.2 Å². The van der Waals surface area contributed by atoms with E-state index in [0.29, 0.717) is 49.9 Å². The number of benzene rings is 1. The van der Waals surface area contributed by atoms with Crippen molar-refractivity contribution in [3.05, 3.63) is 64.5 Å². The van der Waals surface area contributed by atoms with Gasteiger partial charge in [-0.05, 0) is 59.7 Å². The molecular weight excluding hydrogens is 526 g/mol. The van der Waals surface area contributed by atoms with Gasteiger partial charge >= 0.3 is 0 Å². The first kappa shape index (κ1) is 25.1. The number of carbonyl (C=O) groups excluding carboxylic acids is 1. The Balaban J connectivity index is 1.14. The second-order valence-electron chi connectivity index (χ2n) is 12.1. The summed E-state index contributed by atoms with van der Waals surface area (Å²) in [5, 5.41) is 9.89. The van der Waals surface area contributed by atoms with Crippen LogP contribution in [0.2, 0.25) is 0 Å². The Bertz CT molecular complexity index is 1570. The number of nitrogens with one attached hydrogen (secondary N) is 3. The molecule has 41 heavy (non-hydrogen) atoms. The minimum atomic E-state index is -2.66. The average molecular weight is 559 g/mol. The maximum Gasteiger partial charge on any atom is 0.261 e. The van der Waals surface area contributed by atoms with Crippen LogP contribution in [0.4, 0.5) is 26.1 Å². The highest BCUT2D eigenvalue weighted by molar-refractivity contribution is 6.06. The fourth-order valence-electron chi connectivity index (χ4n) is 7.13. The molecule has 212 valence electrons. The number of ether oxygens (including phenoxy) is 1. The van der Waals surface area contributed by atoms with Crippen LogP contribution >= 0.6 is 0 Å². The summed E-state index contributed by atoms with van der Waals surface area (Å²) in [6.45, 7) is 3.13. The van der Waals surface area contributed by atoms with E-state index in [-0.39, 0.29) is 30.2 Å². The Hall–Kier alpha value is -3.63. The third kappa shape index (κ3) is 4.26. The van der Waals surface area contributed by atoms with Crippen LogP contribution < -0.4 is 16.0 Å². The van der Waals surface area contributed by atoms with E-state index < -0.39 is 5.92 Å². The van der Waals surface area contributed by atoms with Crippen LogP contribution in [0, 0.1) is 0 Å². The number of anilines is 3. The van der Waals surface area contributed by atoms with E-state index in [2.05, 4.69) is 33.1 Å². The van der Waals surface area contributed by atoms with Crippen molar-refractivity contribution < 1.29 is 18.3 Å². The van der Waals surface area contributed by atoms with E-state index in [1.165, 1.54) is 5.56 Å². The van der Waals surface area contributed by atoms with Crippen LogP contribution in [0.25, 0.3) is 11.1 Å². The zero-order chi connectivity index (χ0) is 27.8. The number of carbonyl (C=O) groups is 1. The summed E-state index contributed by atoms with van der Waals surface area (Å²) in [5.41, 5.74) is 7.74. The second-order valence-corrected chi connectivity index (χ2v) is 12.1. The Morgan fingerprint density at radius 3 is 2.78 bits per heavy atom. The fourth-order valence-corrected chi connectivity index (χ4v) is 7.13. The first-order chi connectivity index (χ1) is 19.9. The molecule has 0 bridgehead atoms. The number of nitrogens with zero attached hydrogens (tertiary/aromatic N) is 3. The normalized spacial score (nSPS) is 23.4. The lowest BCUT2D eigenvalue weighted by Gasteiger charge is -2.21. The van der Waals surface area contributed by atoms with E-state index in [9.17, 15) is 13.6 Å². The van der Waals surface area contributed by atoms with Crippen molar-refractivity contribution in [3.8, 4) is 11.1 Å². The molecule has 1 spiro atoms. The van der Waals surface area contributed by atoms with Crippen LogP contribution in [-0.2, 0) is 23.2 Å². The predicted molar refractivity (Wildman–Crippen MR) is 151 cm³/mol. The summed E-state index contributed by atoms with van der Waals surface area (Å²) in [7, 11) is 0. The highest BCUT2D eigenvalue weighted by atomic mass is 19.3. The summed E-state index contributed by atoms with van der Waals surface area (Å²) in [4.78, 5) is 24.4. The molecule has 1 aliphatic carbocycles. The van der Waals surface area contributed by atoms with Gasteiger partial charge in [-0.1, -0.05) is 12.1 Å².